The van der Waals surface area contributed by atoms with E-state index in [4.69, 9.17) is 10.5 Å². The Morgan fingerprint density at radius 3 is 2.22 bits per heavy atom. The average Bonchev–Trinajstić information content (AvgIpc) is 2.63. The molecule has 0 unspecified atom stereocenters. The Kier molecular flexibility index (Phi) is 3.68. The molecule has 4 heteroatoms. The Morgan fingerprint density at radius 1 is 1.17 bits per heavy atom. The number of ether oxygens (including phenoxy) is 1. The molecule has 0 fully saturated rings. The number of nitrogens with two attached hydrogens (primary N) is 1. The zero-order valence-corrected chi connectivity index (χ0v) is 12.0. The number of benzene rings is 1. The maximum atomic E-state index is 5.91. The van der Waals surface area contributed by atoms with Crippen LogP contribution in [0.25, 0.3) is 0 Å². The quantitative estimate of drug-likeness (QED) is 0.919. The SMILES string of the molecule is Cc1cc(CN)cc(C)c1Oc1nc(C)c(C)s1. The minimum absolute atomic E-state index is 0.553. The van der Waals surface area contributed by atoms with E-state index in [-0.39, 0.29) is 0 Å². The van der Waals surface area contributed by atoms with E-state index in [9.17, 15) is 0 Å². The van der Waals surface area contributed by atoms with Gasteiger partial charge in [-0.1, -0.05) is 23.5 Å². The molecule has 1 aromatic heterocycles. The van der Waals surface area contributed by atoms with Crippen LogP contribution < -0.4 is 10.5 Å². The third-order valence-corrected chi connectivity index (χ3v) is 3.90. The summed E-state index contributed by atoms with van der Waals surface area (Å²) in [7, 11) is 0. The van der Waals surface area contributed by atoms with Crippen LogP contribution in [0.2, 0.25) is 0 Å². The molecule has 96 valence electrons. The number of hydrogen-bond donors (Lipinski definition) is 1. The molecule has 0 aliphatic carbocycles. The van der Waals surface area contributed by atoms with Crippen LogP contribution in [0.5, 0.6) is 10.9 Å². The molecule has 0 atom stereocenters. The van der Waals surface area contributed by atoms with Gasteiger partial charge < -0.3 is 10.5 Å². The summed E-state index contributed by atoms with van der Waals surface area (Å²) in [5, 5.41) is 0.705. The lowest BCUT2D eigenvalue weighted by Crippen LogP contribution is -1.99. The first-order valence-corrected chi connectivity index (χ1v) is 6.75. The fourth-order valence-electron chi connectivity index (χ4n) is 1.89. The Bertz CT molecular complexity index is 533. The average molecular weight is 262 g/mol. The molecular formula is C14H18N2OS. The summed E-state index contributed by atoms with van der Waals surface area (Å²) in [6.07, 6.45) is 0. The Labute approximate surface area is 112 Å². The molecule has 0 bridgehead atoms. The Hall–Kier alpha value is -1.39. The first kappa shape index (κ1) is 13.1. The number of aryl methyl sites for hydroxylation is 4. The predicted molar refractivity (Wildman–Crippen MR) is 75.5 cm³/mol. The van der Waals surface area contributed by atoms with Crippen molar-refractivity contribution < 1.29 is 4.74 Å². The van der Waals surface area contributed by atoms with Gasteiger partial charge in [-0.3, -0.25) is 0 Å². The van der Waals surface area contributed by atoms with Crippen LogP contribution in [-0.2, 0) is 6.54 Å². The molecule has 2 rings (SSSR count). The molecule has 1 heterocycles. The zero-order valence-electron chi connectivity index (χ0n) is 11.2. The van der Waals surface area contributed by atoms with Crippen LogP contribution in [0, 0.1) is 27.7 Å². The maximum absolute atomic E-state index is 5.91. The molecule has 2 aromatic rings. The summed E-state index contributed by atoms with van der Waals surface area (Å²) in [4.78, 5) is 5.60. The highest BCUT2D eigenvalue weighted by atomic mass is 32.1. The van der Waals surface area contributed by atoms with Crippen molar-refractivity contribution in [2.45, 2.75) is 34.2 Å². The van der Waals surface area contributed by atoms with E-state index in [1.807, 2.05) is 20.8 Å². The molecule has 0 saturated heterocycles. The normalized spacial score (nSPS) is 10.7. The number of hydrogen-bond acceptors (Lipinski definition) is 4. The lowest BCUT2D eigenvalue weighted by molar-refractivity contribution is 0.470. The summed E-state index contributed by atoms with van der Waals surface area (Å²) in [6, 6.07) is 4.13. The number of aromatic nitrogens is 1. The van der Waals surface area contributed by atoms with Crippen molar-refractivity contribution in [1.82, 2.24) is 4.98 Å². The summed E-state index contributed by atoms with van der Waals surface area (Å²) in [5.41, 5.74) is 10.0. The van der Waals surface area contributed by atoms with Crippen LogP contribution in [0.1, 0.15) is 27.3 Å². The highest BCUT2D eigenvalue weighted by molar-refractivity contribution is 7.13. The second-order valence-electron chi connectivity index (χ2n) is 4.49. The van der Waals surface area contributed by atoms with Gasteiger partial charge in [-0.25, -0.2) is 4.98 Å². The molecule has 0 amide bonds. The van der Waals surface area contributed by atoms with Gasteiger partial charge >= 0.3 is 0 Å². The fraction of sp³-hybridized carbons (Fsp3) is 0.357. The van der Waals surface area contributed by atoms with Gasteiger partial charge in [0, 0.05) is 11.4 Å². The van der Waals surface area contributed by atoms with E-state index < -0.39 is 0 Å². The van der Waals surface area contributed by atoms with Crippen molar-refractivity contribution in [3.8, 4) is 10.9 Å². The molecule has 0 radical (unpaired) electrons. The summed E-state index contributed by atoms with van der Waals surface area (Å²) >= 11 is 1.58. The lowest BCUT2D eigenvalue weighted by atomic mass is 10.1. The van der Waals surface area contributed by atoms with Crippen molar-refractivity contribution in [3.05, 3.63) is 39.4 Å². The van der Waals surface area contributed by atoms with Crippen LogP contribution in [0.3, 0.4) is 0 Å². The number of thiazole rings is 1. The van der Waals surface area contributed by atoms with Crippen molar-refractivity contribution in [1.29, 1.82) is 0 Å². The first-order chi connectivity index (χ1) is 8.51. The summed E-state index contributed by atoms with van der Waals surface area (Å²) in [5.74, 6) is 0.890. The Balaban J connectivity index is 2.34. The smallest absolute Gasteiger partial charge is 0.279 e. The zero-order chi connectivity index (χ0) is 13.3. The molecule has 0 aliphatic heterocycles. The molecule has 0 aliphatic rings. The highest BCUT2D eigenvalue weighted by Gasteiger charge is 2.11. The molecule has 1 aromatic carbocycles. The van der Waals surface area contributed by atoms with E-state index in [1.54, 1.807) is 11.3 Å². The topological polar surface area (TPSA) is 48.1 Å². The van der Waals surface area contributed by atoms with Gasteiger partial charge in [0.25, 0.3) is 5.19 Å². The van der Waals surface area contributed by atoms with Crippen molar-refractivity contribution in [3.63, 3.8) is 0 Å². The van der Waals surface area contributed by atoms with E-state index in [1.165, 1.54) is 4.88 Å². The van der Waals surface area contributed by atoms with Crippen LogP contribution in [0.15, 0.2) is 12.1 Å². The van der Waals surface area contributed by atoms with E-state index in [2.05, 4.69) is 24.0 Å². The van der Waals surface area contributed by atoms with Gasteiger partial charge in [-0.05, 0) is 44.4 Å². The fourth-order valence-corrected chi connectivity index (χ4v) is 2.66. The maximum Gasteiger partial charge on any atom is 0.279 e. The monoisotopic (exact) mass is 262 g/mol. The van der Waals surface area contributed by atoms with Crippen LogP contribution in [-0.4, -0.2) is 4.98 Å². The van der Waals surface area contributed by atoms with Gasteiger partial charge in [0.15, 0.2) is 0 Å². The molecule has 2 N–H and O–H groups in total. The van der Waals surface area contributed by atoms with E-state index in [0.717, 1.165) is 28.1 Å². The molecular weight excluding hydrogens is 244 g/mol. The third-order valence-electron chi connectivity index (χ3n) is 2.95. The van der Waals surface area contributed by atoms with Crippen LogP contribution >= 0.6 is 11.3 Å². The van der Waals surface area contributed by atoms with Crippen molar-refractivity contribution in [2.75, 3.05) is 0 Å². The number of rotatable bonds is 3. The van der Waals surface area contributed by atoms with Crippen LogP contribution in [0.4, 0.5) is 0 Å². The second kappa shape index (κ2) is 5.08. The van der Waals surface area contributed by atoms with Gasteiger partial charge in [0.05, 0.1) is 5.69 Å². The molecule has 18 heavy (non-hydrogen) atoms. The highest BCUT2D eigenvalue weighted by Crippen LogP contribution is 2.33. The predicted octanol–water partition coefficient (Wildman–Crippen LogP) is 3.63. The first-order valence-electron chi connectivity index (χ1n) is 5.93. The standard InChI is InChI=1S/C14H18N2OS/c1-8-5-12(7-15)6-9(2)13(8)17-14-16-10(3)11(4)18-14/h5-6H,7,15H2,1-4H3. The second-order valence-corrected chi connectivity index (χ2v) is 5.65. The third kappa shape index (κ3) is 2.54. The van der Waals surface area contributed by atoms with Gasteiger partial charge in [0.2, 0.25) is 0 Å². The Morgan fingerprint density at radius 2 is 1.78 bits per heavy atom. The lowest BCUT2D eigenvalue weighted by Gasteiger charge is -2.11. The summed E-state index contributed by atoms with van der Waals surface area (Å²) in [6.45, 7) is 8.67. The number of nitrogens with zero attached hydrogens (tertiary/aromatic N) is 1. The van der Waals surface area contributed by atoms with Crippen molar-refractivity contribution >= 4 is 11.3 Å². The van der Waals surface area contributed by atoms with Gasteiger partial charge in [0.1, 0.15) is 5.75 Å². The largest absolute Gasteiger partial charge is 0.430 e. The molecule has 3 nitrogen and oxygen atoms in total. The van der Waals surface area contributed by atoms with Gasteiger partial charge in [-0.15, -0.1) is 0 Å². The van der Waals surface area contributed by atoms with E-state index in [0.29, 0.717) is 11.7 Å². The minimum Gasteiger partial charge on any atom is -0.430 e. The van der Waals surface area contributed by atoms with Gasteiger partial charge in [-0.2, -0.15) is 0 Å². The summed E-state index contributed by atoms with van der Waals surface area (Å²) < 4.78 is 5.91. The molecule has 0 spiro atoms. The molecule has 0 saturated carbocycles. The van der Waals surface area contributed by atoms with E-state index >= 15 is 0 Å². The minimum atomic E-state index is 0.553. The van der Waals surface area contributed by atoms with Crippen molar-refractivity contribution in [2.24, 2.45) is 5.73 Å².